The predicted octanol–water partition coefficient (Wildman–Crippen LogP) is 1.58. The number of phenols is 1. The fourth-order valence-electron chi connectivity index (χ4n) is 1.93. The van der Waals surface area contributed by atoms with E-state index in [9.17, 15) is 9.90 Å². The first kappa shape index (κ1) is 14.1. The molecule has 20 heavy (non-hydrogen) atoms. The molecule has 0 bridgehead atoms. The molecule has 1 atom stereocenters. The van der Waals surface area contributed by atoms with Gasteiger partial charge in [-0.1, -0.05) is 48.5 Å². The van der Waals surface area contributed by atoms with E-state index in [4.69, 9.17) is 5.73 Å². The van der Waals surface area contributed by atoms with Gasteiger partial charge in [-0.3, -0.25) is 4.79 Å². The van der Waals surface area contributed by atoms with E-state index in [1.807, 2.05) is 36.4 Å². The molecule has 0 saturated heterocycles. The van der Waals surface area contributed by atoms with Crippen LogP contribution in [0.3, 0.4) is 0 Å². The van der Waals surface area contributed by atoms with Crippen molar-refractivity contribution >= 4 is 5.91 Å². The zero-order chi connectivity index (χ0) is 14.4. The standard InChI is InChI=1S/C16H18N2O2/c17-14(10-12-6-2-1-3-7-12)16(20)18-11-13-8-4-5-9-15(13)19/h1-9,14,19H,10-11,17H2,(H,18,20)/t14-/m1/s1. The summed E-state index contributed by atoms with van der Waals surface area (Å²) < 4.78 is 0. The smallest absolute Gasteiger partial charge is 0.237 e. The molecule has 0 aliphatic carbocycles. The van der Waals surface area contributed by atoms with Crippen LogP contribution in [0, 0.1) is 0 Å². The highest BCUT2D eigenvalue weighted by atomic mass is 16.3. The van der Waals surface area contributed by atoms with Crippen LogP contribution in [0.1, 0.15) is 11.1 Å². The molecule has 104 valence electrons. The Balaban J connectivity index is 1.87. The Morgan fingerprint density at radius 2 is 1.75 bits per heavy atom. The van der Waals surface area contributed by atoms with Crippen molar-refractivity contribution in [2.75, 3.05) is 0 Å². The Bertz CT molecular complexity index is 570. The maximum absolute atomic E-state index is 11.9. The van der Waals surface area contributed by atoms with E-state index in [-0.39, 0.29) is 18.2 Å². The molecular weight excluding hydrogens is 252 g/mol. The number of para-hydroxylation sites is 1. The van der Waals surface area contributed by atoms with Gasteiger partial charge in [0.15, 0.2) is 0 Å². The summed E-state index contributed by atoms with van der Waals surface area (Å²) in [6.07, 6.45) is 0.493. The first-order valence-corrected chi connectivity index (χ1v) is 6.51. The summed E-state index contributed by atoms with van der Waals surface area (Å²) in [5.41, 5.74) is 7.58. The quantitative estimate of drug-likeness (QED) is 0.772. The van der Waals surface area contributed by atoms with Gasteiger partial charge >= 0.3 is 0 Å². The Morgan fingerprint density at radius 3 is 2.45 bits per heavy atom. The van der Waals surface area contributed by atoms with Crippen LogP contribution in [-0.2, 0) is 17.8 Å². The van der Waals surface area contributed by atoms with Crippen LogP contribution in [-0.4, -0.2) is 17.1 Å². The second-order valence-electron chi connectivity index (χ2n) is 4.64. The zero-order valence-electron chi connectivity index (χ0n) is 11.1. The number of rotatable bonds is 5. The van der Waals surface area contributed by atoms with Crippen LogP contribution in [0.25, 0.3) is 0 Å². The Kier molecular flexibility index (Phi) is 4.74. The maximum atomic E-state index is 11.9. The molecule has 2 rings (SSSR count). The van der Waals surface area contributed by atoms with E-state index in [1.165, 1.54) is 0 Å². The molecule has 0 unspecified atom stereocenters. The Hall–Kier alpha value is -2.33. The molecule has 4 heteroatoms. The van der Waals surface area contributed by atoms with Crippen molar-refractivity contribution in [3.8, 4) is 5.75 Å². The largest absolute Gasteiger partial charge is 0.508 e. The number of nitrogens with one attached hydrogen (secondary N) is 1. The number of benzene rings is 2. The lowest BCUT2D eigenvalue weighted by Gasteiger charge is -2.13. The number of nitrogens with two attached hydrogens (primary N) is 1. The summed E-state index contributed by atoms with van der Waals surface area (Å²) in [6.45, 7) is 0.272. The van der Waals surface area contributed by atoms with Crippen molar-refractivity contribution in [3.05, 3.63) is 65.7 Å². The highest BCUT2D eigenvalue weighted by molar-refractivity contribution is 5.81. The summed E-state index contributed by atoms with van der Waals surface area (Å²) >= 11 is 0. The SMILES string of the molecule is N[C@H](Cc1ccccc1)C(=O)NCc1ccccc1O. The van der Waals surface area contributed by atoms with Gasteiger partial charge in [0.1, 0.15) is 5.75 Å². The van der Waals surface area contributed by atoms with Crippen LogP contribution in [0.5, 0.6) is 5.75 Å². The third-order valence-corrected chi connectivity index (χ3v) is 3.08. The lowest BCUT2D eigenvalue weighted by molar-refractivity contribution is -0.122. The lowest BCUT2D eigenvalue weighted by atomic mass is 10.1. The van der Waals surface area contributed by atoms with E-state index in [1.54, 1.807) is 18.2 Å². The second-order valence-corrected chi connectivity index (χ2v) is 4.64. The van der Waals surface area contributed by atoms with Crippen LogP contribution < -0.4 is 11.1 Å². The molecule has 2 aromatic carbocycles. The van der Waals surface area contributed by atoms with Crippen molar-refractivity contribution in [2.24, 2.45) is 5.73 Å². The number of carbonyl (C=O) groups excluding carboxylic acids is 1. The normalized spacial score (nSPS) is 11.8. The topological polar surface area (TPSA) is 75.4 Å². The fraction of sp³-hybridized carbons (Fsp3) is 0.188. The van der Waals surface area contributed by atoms with Gasteiger partial charge in [-0.05, 0) is 18.1 Å². The number of carbonyl (C=O) groups is 1. The molecule has 0 aliphatic heterocycles. The molecule has 2 aromatic rings. The van der Waals surface area contributed by atoms with E-state index in [0.29, 0.717) is 12.0 Å². The van der Waals surface area contributed by atoms with E-state index >= 15 is 0 Å². The summed E-state index contributed by atoms with van der Waals surface area (Å²) in [4.78, 5) is 11.9. The summed E-state index contributed by atoms with van der Waals surface area (Å²) in [7, 11) is 0. The molecule has 1 amide bonds. The van der Waals surface area contributed by atoms with E-state index in [0.717, 1.165) is 5.56 Å². The van der Waals surface area contributed by atoms with Gasteiger partial charge < -0.3 is 16.2 Å². The van der Waals surface area contributed by atoms with Crippen molar-refractivity contribution in [2.45, 2.75) is 19.0 Å². The van der Waals surface area contributed by atoms with Gasteiger partial charge in [0, 0.05) is 12.1 Å². The van der Waals surface area contributed by atoms with Crippen LogP contribution >= 0.6 is 0 Å². The summed E-state index contributed by atoms with van der Waals surface area (Å²) in [6, 6.07) is 15.9. The molecule has 0 spiro atoms. The molecule has 0 fully saturated rings. The number of hydrogen-bond donors (Lipinski definition) is 3. The maximum Gasteiger partial charge on any atom is 0.237 e. The van der Waals surface area contributed by atoms with Gasteiger partial charge in [-0.25, -0.2) is 0 Å². The molecule has 0 saturated carbocycles. The van der Waals surface area contributed by atoms with Crippen molar-refractivity contribution in [1.29, 1.82) is 0 Å². The Labute approximate surface area is 118 Å². The third-order valence-electron chi connectivity index (χ3n) is 3.08. The van der Waals surface area contributed by atoms with E-state index in [2.05, 4.69) is 5.32 Å². The monoisotopic (exact) mass is 270 g/mol. The average molecular weight is 270 g/mol. The minimum atomic E-state index is -0.594. The molecule has 4 N–H and O–H groups in total. The van der Waals surface area contributed by atoms with Crippen LogP contribution in [0.4, 0.5) is 0 Å². The van der Waals surface area contributed by atoms with Gasteiger partial charge in [-0.15, -0.1) is 0 Å². The molecular formula is C16H18N2O2. The summed E-state index contributed by atoms with van der Waals surface area (Å²) in [5, 5.41) is 12.4. The molecule has 0 heterocycles. The second kappa shape index (κ2) is 6.73. The number of phenolic OH excluding ortho intramolecular Hbond substituents is 1. The van der Waals surface area contributed by atoms with Crippen LogP contribution in [0.15, 0.2) is 54.6 Å². The Morgan fingerprint density at radius 1 is 1.10 bits per heavy atom. The highest BCUT2D eigenvalue weighted by Crippen LogP contribution is 2.14. The highest BCUT2D eigenvalue weighted by Gasteiger charge is 2.14. The van der Waals surface area contributed by atoms with Crippen molar-refractivity contribution in [3.63, 3.8) is 0 Å². The summed E-state index contributed by atoms with van der Waals surface area (Å²) in [5.74, 6) is -0.0541. The van der Waals surface area contributed by atoms with Crippen molar-refractivity contribution in [1.82, 2.24) is 5.32 Å². The lowest BCUT2D eigenvalue weighted by Crippen LogP contribution is -2.41. The molecule has 0 radical (unpaired) electrons. The first-order chi connectivity index (χ1) is 9.66. The predicted molar refractivity (Wildman–Crippen MR) is 78.1 cm³/mol. The molecule has 4 nitrogen and oxygen atoms in total. The number of amides is 1. The third kappa shape index (κ3) is 3.83. The van der Waals surface area contributed by atoms with Crippen molar-refractivity contribution < 1.29 is 9.90 Å². The minimum absolute atomic E-state index is 0.171. The molecule has 0 aliphatic rings. The number of hydrogen-bond acceptors (Lipinski definition) is 3. The first-order valence-electron chi connectivity index (χ1n) is 6.51. The average Bonchev–Trinajstić information content (AvgIpc) is 2.47. The minimum Gasteiger partial charge on any atom is -0.508 e. The van der Waals surface area contributed by atoms with E-state index < -0.39 is 6.04 Å². The fourth-order valence-corrected chi connectivity index (χ4v) is 1.93. The van der Waals surface area contributed by atoms with Gasteiger partial charge in [0.25, 0.3) is 0 Å². The molecule has 0 aromatic heterocycles. The van der Waals surface area contributed by atoms with Gasteiger partial charge in [-0.2, -0.15) is 0 Å². The zero-order valence-corrected chi connectivity index (χ0v) is 11.1. The number of aromatic hydroxyl groups is 1. The van der Waals surface area contributed by atoms with Gasteiger partial charge in [0.05, 0.1) is 6.04 Å². The van der Waals surface area contributed by atoms with Crippen LogP contribution in [0.2, 0.25) is 0 Å². The van der Waals surface area contributed by atoms with Gasteiger partial charge in [0.2, 0.25) is 5.91 Å².